The first kappa shape index (κ1) is 25.5. The molecule has 1 fully saturated rings. The zero-order chi connectivity index (χ0) is 20.6. The molecule has 2 N–H and O–H groups in total. The topological polar surface area (TPSA) is 66.0 Å². The van der Waals surface area contributed by atoms with Gasteiger partial charge in [0.2, 0.25) is 0 Å². The van der Waals surface area contributed by atoms with Gasteiger partial charge < -0.3 is 20.3 Å². The van der Waals surface area contributed by atoms with Gasteiger partial charge in [-0.15, -0.1) is 24.0 Å². The highest BCUT2D eigenvalue weighted by Gasteiger charge is 2.27. The van der Waals surface area contributed by atoms with E-state index in [4.69, 9.17) is 9.73 Å². The smallest absolute Gasteiger partial charge is 0.410 e. The molecule has 2 atom stereocenters. The van der Waals surface area contributed by atoms with Crippen LogP contribution in [0.15, 0.2) is 35.3 Å². The number of carbonyl (C=O) groups excluding carboxylic acids is 1. The van der Waals surface area contributed by atoms with E-state index in [-0.39, 0.29) is 36.1 Å². The molecule has 2 rings (SSSR count). The van der Waals surface area contributed by atoms with E-state index in [1.807, 2.05) is 43.9 Å². The largest absolute Gasteiger partial charge is 0.444 e. The Bertz CT molecular complexity index is 646. The van der Waals surface area contributed by atoms with Crippen molar-refractivity contribution < 1.29 is 9.53 Å². The number of nitrogens with zero attached hydrogens (tertiary/aromatic N) is 2. The monoisotopic (exact) mass is 516 g/mol. The molecule has 0 bridgehead atoms. The molecular weight excluding hydrogens is 479 g/mol. The number of piperidine rings is 1. The van der Waals surface area contributed by atoms with E-state index in [0.29, 0.717) is 19.0 Å². The number of benzene rings is 1. The molecule has 1 aromatic rings. The summed E-state index contributed by atoms with van der Waals surface area (Å²) in [6.45, 7) is 12.9. The zero-order valence-electron chi connectivity index (χ0n) is 18.4. The molecule has 2 unspecified atom stereocenters. The Morgan fingerprint density at radius 3 is 2.62 bits per heavy atom. The summed E-state index contributed by atoms with van der Waals surface area (Å²) in [4.78, 5) is 19.0. The second kappa shape index (κ2) is 12.2. The van der Waals surface area contributed by atoms with Gasteiger partial charge in [-0.25, -0.2) is 4.79 Å². The quantitative estimate of drug-likeness (QED) is 0.342. The Kier molecular flexibility index (Phi) is 10.8. The molecule has 1 saturated heterocycles. The Labute approximate surface area is 192 Å². The van der Waals surface area contributed by atoms with Crippen LogP contribution in [0.4, 0.5) is 4.79 Å². The molecule has 0 saturated carbocycles. The van der Waals surface area contributed by atoms with Crippen molar-refractivity contribution in [2.45, 2.75) is 59.1 Å². The van der Waals surface area contributed by atoms with Gasteiger partial charge in [-0.1, -0.05) is 30.3 Å². The van der Waals surface area contributed by atoms with E-state index in [9.17, 15) is 4.79 Å². The summed E-state index contributed by atoms with van der Waals surface area (Å²) in [6, 6.07) is 10.5. The fraction of sp³-hybridized carbons (Fsp3) is 0.636. The first-order valence-electron chi connectivity index (χ1n) is 10.4. The van der Waals surface area contributed by atoms with Crippen LogP contribution in [0.2, 0.25) is 0 Å². The predicted molar refractivity (Wildman–Crippen MR) is 130 cm³/mol. The summed E-state index contributed by atoms with van der Waals surface area (Å²) in [5.74, 6) is 1.16. The number of guanidine groups is 1. The van der Waals surface area contributed by atoms with Crippen LogP contribution < -0.4 is 10.6 Å². The predicted octanol–water partition coefficient (Wildman–Crippen LogP) is 4.57. The molecule has 1 amide bonds. The molecule has 0 spiro atoms. The van der Waals surface area contributed by atoms with Crippen molar-refractivity contribution in [1.29, 1.82) is 0 Å². The van der Waals surface area contributed by atoms with E-state index >= 15 is 0 Å². The number of nitrogens with one attached hydrogen (secondary N) is 2. The summed E-state index contributed by atoms with van der Waals surface area (Å²) in [6.07, 6.45) is 1.85. The van der Waals surface area contributed by atoms with Gasteiger partial charge >= 0.3 is 6.09 Å². The van der Waals surface area contributed by atoms with Gasteiger partial charge in [0.05, 0.1) is 6.04 Å². The number of aliphatic imine (C=N–C) groups is 1. The standard InChI is InChI=1S/C22H36N4O2.HI/c1-6-23-20(25-17(2)19-12-8-7-9-13-19)24-15-18-11-10-14-26(16-18)21(27)28-22(3,4)5;/h7-9,12-13,17-18H,6,10-11,14-16H2,1-5H3,(H2,23,24,25);1H. The lowest BCUT2D eigenvalue weighted by Crippen LogP contribution is -2.44. The van der Waals surface area contributed by atoms with Crippen molar-refractivity contribution in [2.75, 3.05) is 26.2 Å². The van der Waals surface area contributed by atoms with Crippen LogP contribution in [0.25, 0.3) is 0 Å². The number of hydrogen-bond donors (Lipinski definition) is 2. The summed E-state index contributed by atoms with van der Waals surface area (Å²) in [7, 11) is 0. The van der Waals surface area contributed by atoms with Crippen molar-refractivity contribution in [3.8, 4) is 0 Å². The molecule has 7 heteroatoms. The van der Waals surface area contributed by atoms with Crippen molar-refractivity contribution in [3.05, 3.63) is 35.9 Å². The number of ether oxygens (including phenoxy) is 1. The molecule has 0 radical (unpaired) electrons. The zero-order valence-corrected chi connectivity index (χ0v) is 20.7. The Morgan fingerprint density at radius 1 is 1.31 bits per heavy atom. The van der Waals surface area contributed by atoms with E-state index < -0.39 is 5.60 Å². The number of amides is 1. The maximum atomic E-state index is 12.3. The van der Waals surface area contributed by atoms with Crippen molar-refractivity contribution in [2.24, 2.45) is 10.9 Å². The maximum absolute atomic E-state index is 12.3. The molecule has 29 heavy (non-hydrogen) atoms. The fourth-order valence-corrected chi connectivity index (χ4v) is 3.28. The minimum Gasteiger partial charge on any atom is -0.444 e. The number of likely N-dealkylation sites (tertiary alicyclic amines) is 1. The van der Waals surface area contributed by atoms with Gasteiger partial charge in [0.25, 0.3) is 0 Å². The molecule has 0 aliphatic carbocycles. The number of hydrogen-bond acceptors (Lipinski definition) is 3. The fourth-order valence-electron chi connectivity index (χ4n) is 3.28. The maximum Gasteiger partial charge on any atom is 0.410 e. The van der Waals surface area contributed by atoms with Crippen molar-refractivity contribution in [3.63, 3.8) is 0 Å². The lowest BCUT2D eigenvalue weighted by atomic mass is 9.98. The normalized spacial score (nSPS) is 18.4. The van der Waals surface area contributed by atoms with Gasteiger partial charge in [-0.3, -0.25) is 4.99 Å². The van der Waals surface area contributed by atoms with E-state index in [1.54, 1.807) is 0 Å². The highest BCUT2D eigenvalue weighted by Crippen LogP contribution is 2.20. The highest BCUT2D eigenvalue weighted by atomic mass is 127. The minimum atomic E-state index is -0.460. The summed E-state index contributed by atoms with van der Waals surface area (Å²) >= 11 is 0. The molecule has 1 aliphatic rings. The van der Waals surface area contributed by atoms with Gasteiger partial charge in [-0.05, 0) is 58.9 Å². The van der Waals surface area contributed by atoms with Crippen LogP contribution >= 0.6 is 24.0 Å². The third-order valence-corrected chi connectivity index (χ3v) is 4.68. The summed E-state index contributed by atoms with van der Waals surface area (Å²) in [5.41, 5.74) is 0.764. The highest BCUT2D eigenvalue weighted by molar-refractivity contribution is 14.0. The molecule has 164 valence electrons. The van der Waals surface area contributed by atoms with Crippen LogP contribution in [0.1, 0.15) is 59.1 Å². The van der Waals surface area contributed by atoms with Gasteiger partial charge in [0, 0.05) is 26.2 Å². The lowest BCUT2D eigenvalue weighted by molar-refractivity contribution is 0.0170. The van der Waals surface area contributed by atoms with Crippen molar-refractivity contribution >= 4 is 36.0 Å². The van der Waals surface area contributed by atoms with Crippen LogP contribution in [-0.4, -0.2) is 48.7 Å². The third-order valence-electron chi connectivity index (χ3n) is 4.68. The Morgan fingerprint density at radius 2 is 2.00 bits per heavy atom. The molecular formula is C22H37IN4O2. The average molecular weight is 516 g/mol. The van der Waals surface area contributed by atoms with Gasteiger partial charge in [0.1, 0.15) is 5.60 Å². The first-order valence-corrected chi connectivity index (χ1v) is 10.4. The minimum absolute atomic E-state index is 0. The molecule has 6 nitrogen and oxygen atoms in total. The Hall–Kier alpha value is -1.51. The number of rotatable bonds is 5. The summed E-state index contributed by atoms with van der Waals surface area (Å²) in [5, 5.41) is 6.79. The third kappa shape index (κ3) is 9.23. The molecule has 1 aromatic carbocycles. The van der Waals surface area contributed by atoms with E-state index in [1.165, 1.54) is 5.56 Å². The van der Waals surface area contributed by atoms with Crippen LogP contribution in [0, 0.1) is 5.92 Å². The van der Waals surface area contributed by atoms with Gasteiger partial charge in [0.15, 0.2) is 5.96 Å². The Balaban J connectivity index is 0.00000420. The SMILES string of the molecule is CCNC(=NCC1CCCN(C(=O)OC(C)(C)C)C1)NC(C)c1ccccc1.I. The van der Waals surface area contributed by atoms with Gasteiger partial charge in [-0.2, -0.15) is 0 Å². The van der Waals surface area contributed by atoms with Crippen LogP contribution in [-0.2, 0) is 4.74 Å². The average Bonchev–Trinajstić information content (AvgIpc) is 2.66. The van der Waals surface area contributed by atoms with Crippen LogP contribution in [0.3, 0.4) is 0 Å². The molecule has 1 aliphatic heterocycles. The van der Waals surface area contributed by atoms with E-state index in [0.717, 1.165) is 31.9 Å². The summed E-state index contributed by atoms with van der Waals surface area (Å²) < 4.78 is 5.52. The molecule has 1 heterocycles. The van der Waals surface area contributed by atoms with E-state index in [2.05, 4.69) is 36.6 Å². The number of carbonyl (C=O) groups is 1. The lowest BCUT2D eigenvalue weighted by Gasteiger charge is -2.33. The second-order valence-electron chi connectivity index (χ2n) is 8.43. The van der Waals surface area contributed by atoms with Crippen LogP contribution in [0.5, 0.6) is 0 Å². The second-order valence-corrected chi connectivity index (χ2v) is 8.43. The first-order chi connectivity index (χ1) is 13.3. The molecule has 0 aromatic heterocycles. The number of halogens is 1. The van der Waals surface area contributed by atoms with Crippen molar-refractivity contribution in [1.82, 2.24) is 15.5 Å².